The fraction of sp³-hybridized carbons (Fsp3) is 0.625. The van der Waals surface area contributed by atoms with E-state index in [1.54, 1.807) is 0 Å². The van der Waals surface area contributed by atoms with E-state index in [-0.39, 0.29) is 13.2 Å². The maximum Gasteiger partial charge on any atom is 0.0443 e. The summed E-state index contributed by atoms with van der Waals surface area (Å²) in [5.74, 6) is 0. The third-order valence-electron chi connectivity index (χ3n) is 3.32. The van der Waals surface area contributed by atoms with Crippen molar-refractivity contribution in [2.24, 2.45) is 0 Å². The fourth-order valence-corrected chi connectivity index (χ4v) is 2.21. The smallest absolute Gasteiger partial charge is 0.0443 e. The number of aliphatic hydroxyl groups excluding tert-OH is 2. The van der Waals surface area contributed by atoms with Gasteiger partial charge in [0.2, 0.25) is 0 Å². The summed E-state index contributed by atoms with van der Waals surface area (Å²) in [6.07, 6.45) is 1.65. The Morgan fingerprint density at radius 3 is 1.40 bits per heavy atom. The highest BCUT2D eigenvalue weighted by Crippen LogP contribution is 2.09. The SMILES string of the molecule is CN(CCCO)Cc1ccc(CN(C)CCCO)cc1. The van der Waals surface area contributed by atoms with Gasteiger partial charge in [-0.2, -0.15) is 0 Å². The van der Waals surface area contributed by atoms with Crippen molar-refractivity contribution in [1.82, 2.24) is 9.80 Å². The molecule has 0 aromatic heterocycles. The molecule has 0 saturated carbocycles. The van der Waals surface area contributed by atoms with Crippen molar-refractivity contribution in [2.45, 2.75) is 25.9 Å². The lowest BCUT2D eigenvalue weighted by Crippen LogP contribution is -2.20. The van der Waals surface area contributed by atoms with Gasteiger partial charge in [0.1, 0.15) is 0 Å². The molecule has 1 aromatic carbocycles. The van der Waals surface area contributed by atoms with Crippen LogP contribution in [0.15, 0.2) is 24.3 Å². The van der Waals surface area contributed by atoms with Crippen molar-refractivity contribution in [3.05, 3.63) is 35.4 Å². The summed E-state index contributed by atoms with van der Waals surface area (Å²) in [7, 11) is 4.15. The second kappa shape index (κ2) is 9.88. The van der Waals surface area contributed by atoms with Crippen LogP contribution in [0.2, 0.25) is 0 Å². The minimum atomic E-state index is 0.253. The van der Waals surface area contributed by atoms with Gasteiger partial charge in [0.15, 0.2) is 0 Å². The molecule has 0 heterocycles. The minimum Gasteiger partial charge on any atom is -0.396 e. The van der Waals surface area contributed by atoms with Crippen LogP contribution in [0.4, 0.5) is 0 Å². The van der Waals surface area contributed by atoms with Gasteiger partial charge in [0.25, 0.3) is 0 Å². The third kappa shape index (κ3) is 7.01. The highest BCUT2D eigenvalue weighted by atomic mass is 16.3. The van der Waals surface area contributed by atoms with Crippen LogP contribution in [0, 0.1) is 0 Å². The Hall–Kier alpha value is -0.940. The zero-order valence-electron chi connectivity index (χ0n) is 12.8. The first-order valence-corrected chi connectivity index (χ1v) is 7.32. The summed E-state index contributed by atoms with van der Waals surface area (Å²) in [6, 6.07) is 8.69. The first-order valence-electron chi connectivity index (χ1n) is 7.32. The van der Waals surface area contributed by atoms with Crippen molar-refractivity contribution in [1.29, 1.82) is 0 Å². The summed E-state index contributed by atoms with van der Waals surface area (Å²) >= 11 is 0. The van der Waals surface area contributed by atoms with Gasteiger partial charge in [-0.05, 0) is 38.1 Å². The number of rotatable bonds is 10. The van der Waals surface area contributed by atoms with Crippen LogP contribution < -0.4 is 0 Å². The molecule has 2 N–H and O–H groups in total. The quantitative estimate of drug-likeness (QED) is 0.678. The Bertz CT molecular complexity index is 319. The topological polar surface area (TPSA) is 46.9 Å². The molecule has 0 aliphatic carbocycles. The lowest BCUT2D eigenvalue weighted by atomic mass is 10.1. The second-order valence-corrected chi connectivity index (χ2v) is 5.45. The van der Waals surface area contributed by atoms with Crippen LogP contribution in [-0.4, -0.2) is 60.4 Å². The predicted molar refractivity (Wildman–Crippen MR) is 82.5 cm³/mol. The molecular formula is C16H28N2O2. The van der Waals surface area contributed by atoms with Crippen molar-refractivity contribution in [3.63, 3.8) is 0 Å². The molecule has 4 heteroatoms. The molecule has 114 valence electrons. The monoisotopic (exact) mass is 280 g/mol. The van der Waals surface area contributed by atoms with E-state index in [0.29, 0.717) is 0 Å². The van der Waals surface area contributed by atoms with E-state index >= 15 is 0 Å². The van der Waals surface area contributed by atoms with Gasteiger partial charge in [-0.1, -0.05) is 24.3 Å². The maximum atomic E-state index is 8.82. The lowest BCUT2D eigenvalue weighted by molar-refractivity contribution is 0.243. The average Bonchev–Trinajstić information content (AvgIpc) is 2.45. The van der Waals surface area contributed by atoms with E-state index in [2.05, 4.69) is 48.2 Å². The van der Waals surface area contributed by atoms with Gasteiger partial charge in [-0.3, -0.25) is 0 Å². The van der Waals surface area contributed by atoms with Crippen molar-refractivity contribution in [3.8, 4) is 0 Å². The maximum absolute atomic E-state index is 8.82. The predicted octanol–water partition coefficient (Wildman–Crippen LogP) is 1.31. The van der Waals surface area contributed by atoms with Gasteiger partial charge in [0.05, 0.1) is 0 Å². The number of hydrogen-bond acceptors (Lipinski definition) is 4. The third-order valence-corrected chi connectivity index (χ3v) is 3.32. The molecular weight excluding hydrogens is 252 g/mol. The molecule has 20 heavy (non-hydrogen) atoms. The second-order valence-electron chi connectivity index (χ2n) is 5.45. The average molecular weight is 280 g/mol. The normalized spacial score (nSPS) is 11.5. The van der Waals surface area contributed by atoms with Gasteiger partial charge in [-0.25, -0.2) is 0 Å². The Morgan fingerprint density at radius 1 is 0.750 bits per heavy atom. The van der Waals surface area contributed by atoms with E-state index in [1.165, 1.54) is 11.1 Å². The molecule has 0 atom stereocenters. The zero-order chi connectivity index (χ0) is 14.8. The van der Waals surface area contributed by atoms with Crippen LogP contribution >= 0.6 is 0 Å². The molecule has 1 aromatic rings. The molecule has 0 spiro atoms. The van der Waals surface area contributed by atoms with E-state index in [4.69, 9.17) is 10.2 Å². The number of benzene rings is 1. The van der Waals surface area contributed by atoms with E-state index in [1.807, 2.05) is 0 Å². The summed E-state index contributed by atoms with van der Waals surface area (Å²) < 4.78 is 0. The van der Waals surface area contributed by atoms with E-state index in [0.717, 1.165) is 39.0 Å². The van der Waals surface area contributed by atoms with Crippen LogP contribution in [0.5, 0.6) is 0 Å². The summed E-state index contributed by atoms with van der Waals surface area (Å²) in [4.78, 5) is 4.44. The van der Waals surface area contributed by atoms with Crippen LogP contribution in [0.1, 0.15) is 24.0 Å². The molecule has 0 unspecified atom stereocenters. The zero-order valence-corrected chi connectivity index (χ0v) is 12.8. The summed E-state index contributed by atoms with van der Waals surface area (Å²) in [5.41, 5.74) is 2.60. The lowest BCUT2D eigenvalue weighted by Gasteiger charge is -2.18. The first-order chi connectivity index (χ1) is 9.65. The van der Waals surface area contributed by atoms with Crippen LogP contribution in [-0.2, 0) is 13.1 Å². The largest absolute Gasteiger partial charge is 0.396 e. The number of hydrogen-bond donors (Lipinski definition) is 2. The molecule has 0 fully saturated rings. The number of aliphatic hydroxyl groups is 2. The van der Waals surface area contributed by atoms with Crippen molar-refractivity contribution >= 4 is 0 Å². The molecule has 0 aliphatic rings. The Labute approximate surface area is 122 Å². The van der Waals surface area contributed by atoms with Crippen molar-refractivity contribution < 1.29 is 10.2 Å². The standard InChI is InChI=1S/C16H28N2O2/c1-17(9-3-11-19)13-15-5-7-16(8-6-15)14-18(2)10-4-12-20/h5-8,19-20H,3-4,9-14H2,1-2H3. The van der Waals surface area contributed by atoms with Crippen molar-refractivity contribution in [2.75, 3.05) is 40.4 Å². The molecule has 0 bridgehead atoms. The highest BCUT2D eigenvalue weighted by Gasteiger charge is 2.02. The molecule has 0 aliphatic heterocycles. The molecule has 1 rings (SSSR count). The molecule has 0 radical (unpaired) electrons. The first kappa shape index (κ1) is 17.1. The Morgan fingerprint density at radius 2 is 1.10 bits per heavy atom. The molecule has 4 nitrogen and oxygen atoms in total. The van der Waals surface area contributed by atoms with E-state index < -0.39 is 0 Å². The van der Waals surface area contributed by atoms with Gasteiger partial charge in [0, 0.05) is 39.4 Å². The number of nitrogens with zero attached hydrogens (tertiary/aromatic N) is 2. The van der Waals surface area contributed by atoms with Gasteiger partial charge < -0.3 is 20.0 Å². The van der Waals surface area contributed by atoms with Gasteiger partial charge >= 0.3 is 0 Å². The van der Waals surface area contributed by atoms with Gasteiger partial charge in [-0.15, -0.1) is 0 Å². The fourth-order valence-electron chi connectivity index (χ4n) is 2.21. The Kier molecular flexibility index (Phi) is 8.46. The van der Waals surface area contributed by atoms with E-state index in [9.17, 15) is 0 Å². The molecule has 0 saturated heterocycles. The van der Waals surface area contributed by atoms with Crippen LogP contribution in [0.3, 0.4) is 0 Å². The molecule has 0 amide bonds. The Balaban J connectivity index is 2.39. The minimum absolute atomic E-state index is 0.253. The van der Waals surface area contributed by atoms with Crippen LogP contribution in [0.25, 0.3) is 0 Å². The highest BCUT2D eigenvalue weighted by molar-refractivity contribution is 5.22. The summed E-state index contributed by atoms with van der Waals surface area (Å²) in [6.45, 7) is 4.18. The summed E-state index contributed by atoms with van der Waals surface area (Å²) in [5, 5.41) is 17.6.